The number of piperidine rings is 1. The Morgan fingerprint density at radius 3 is 2.32 bits per heavy atom. The van der Waals surface area contributed by atoms with E-state index in [0.717, 1.165) is 0 Å². The zero-order valence-electron chi connectivity index (χ0n) is 10.2. The van der Waals surface area contributed by atoms with E-state index >= 15 is 0 Å². The molecule has 0 saturated carbocycles. The summed E-state index contributed by atoms with van der Waals surface area (Å²) < 4.78 is 0. The molecular weight excluding hydrogens is 250 g/mol. The molecule has 1 saturated heterocycles. The van der Waals surface area contributed by atoms with Gasteiger partial charge in [0.1, 0.15) is 5.78 Å². The zero-order valence-corrected chi connectivity index (χ0v) is 10.2. The van der Waals surface area contributed by atoms with Crippen LogP contribution in [0.1, 0.15) is 12.8 Å². The summed E-state index contributed by atoms with van der Waals surface area (Å²) in [7, 11) is 0. The van der Waals surface area contributed by atoms with Crippen LogP contribution in [0.3, 0.4) is 0 Å². The number of carbonyl (C=O) groups is 2. The topological polar surface area (TPSA) is 92.6 Å². The first kappa shape index (κ1) is 13.0. The average molecular weight is 263 g/mol. The quantitative estimate of drug-likeness (QED) is 0.650. The van der Waals surface area contributed by atoms with Gasteiger partial charge in [-0.25, -0.2) is 4.79 Å². The summed E-state index contributed by atoms with van der Waals surface area (Å²) in [6, 6.07) is 5.32. The Bertz CT molecular complexity index is 502. The van der Waals surface area contributed by atoms with Crippen molar-refractivity contribution in [1.82, 2.24) is 4.90 Å². The standard InChI is InChI=1S/C12H13N3O4/c16-11-5-7-14(8-6-11)12(17)13-9-1-3-10(4-2-9)15(18)19/h1-4H,5-8H2,(H,13,17). The van der Waals surface area contributed by atoms with Gasteiger partial charge < -0.3 is 10.2 Å². The summed E-state index contributed by atoms with van der Waals surface area (Å²) in [6.07, 6.45) is 0.765. The minimum Gasteiger partial charge on any atom is -0.324 e. The smallest absolute Gasteiger partial charge is 0.321 e. The Labute approximate surface area is 109 Å². The number of rotatable bonds is 2. The number of nitro groups is 1. The number of hydrogen-bond acceptors (Lipinski definition) is 4. The predicted molar refractivity (Wildman–Crippen MR) is 67.9 cm³/mol. The lowest BCUT2D eigenvalue weighted by Crippen LogP contribution is -2.41. The second-order valence-corrected chi connectivity index (χ2v) is 4.26. The van der Waals surface area contributed by atoms with E-state index in [1.807, 2.05) is 0 Å². The summed E-state index contributed by atoms with van der Waals surface area (Å²) in [6.45, 7) is 0.829. The molecule has 0 bridgehead atoms. The van der Waals surface area contributed by atoms with E-state index in [2.05, 4.69) is 5.32 Å². The molecule has 0 atom stereocenters. The first-order valence-electron chi connectivity index (χ1n) is 5.88. The molecule has 0 spiro atoms. The number of nitrogens with zero attached hydrogens (tertiary/aromatic N) is 2. The van der Waals surface area contributed by atoms with E-state index in [-0.39, 0.29) is 17.5 Å². The minimum atomic E-state index is -0.498. The Kier molecular flexibility index (Phi) is 3.74. The lowest BCUT2D eigenvalue weighted by Gasteiger charge is -2.26. The highest BCUT2D eigenvalue weighted by Crippen LogP contribution is 2.16. The second-order valence-electron chi connectivity index (χ2n) is 4.26. The molecule has 1 aromatic rings. The zero-order chi connectivity index (χ0) is 13.8. The molecule has 1 heterocycles. The van der Waals surface area contributed by atoms with Crippen LogP contribution in [0.4, 0.5) is 16.2 Å². The van der Waals surface area contributed by atoms with Crippen molar-refractivity contribution in [2.45, 2.75) is 12.8 Å². The maximum absolute atomic E-state index is 11.9. The highest BCUT2D eigenvalue weighted by Gasteiger charge is 2.20. The SMILES string of the molecule is O=C1CCN(C(=O)Nc2ccc([N+](=O)[O-])cc2)CC1. The van der Waals surface area contributed by atoms with Crippen LogP contribution in [0.25, 0.3) is 0 Å². The van der Waals surface area contributed by atoms with Crippen LogP contribution in [-0.4, -0.2) is 34.7 Å². The van der Waals surface area contributed by atoms with Gasteiger partial charge in [0.05, 0.1) is 4.92 Å². The van der Waals surface area contributed by atoms with Crippen molar-refractivity contribution in [2.75, 3.05) is 18.4 Å². The molecule has 1 fully saturated rings. The molecule has 7 nitrogen and oxygen atoms in total. The maximum atomic E-state index is 11.9. The van der Waals surface area contributed by atoms with Crippen molar-refractivity contribution < 1.29 is 14.5 Å². The molecule has 1 aliphatic rings. The number of non-ortho nitro benzene ring substituents is 1. The second kappa shape index (κ2) is 5.47. The fourth-order valence-electron chi connectivity index (χ4n) is 1.83. The molecule has 1 N–H and O–H groups in total. The lowest BCUT2D eigenvalue weighted by atomic mass is 10.1. The van der Waals surface area contributed by atoms with Gasteiger partial charge in [-0.1, -0.05) is 0 Å². The summed E-state index contributed by atoms with van der Waals surface area (Å²) >= 11 is 0. The molecule has 0 unspecified atom stereocenters. The Balaban J connectivity index is 1.95. The van der Waals surface area contributed by atoms with Crippen molar-refractivity contribution in [3.8, 4) is 0 Å². The van der Waals surface area contributed by atoms with Gasteiger partial charge in [0.15, 0.2) is 0 Å². The summed E-state index contributed by atoms with van der Waals surface area (Å²) in [5.74, 6) is 0.166. The van der Waals surface area contributed by atoms with Gasteiger partial charge in [-0.2, -0.15) is 0 Å². The van der Waals surface area contributed by atoms with Crippen LogP contribution in [0, 0.1) is 10.1 Å². The summed E-state index contributed by atoms with van der Waals surface area (Å²) in [5.41, 5.74) is 0.467. The Hall–Kier alpha value is -2.44. The lowest BCUT2D eigenvalue weighted by molar-refractivity contribution is -0.384. The van der Waals surface area contributed by atoms with E-state index in [1.165, 1.54) is 24.3 Å². The van der Waals surface area contributed by atoms with Gasteiger partial charge in [-0.15, -0.1) is 0 Å². The van der Waals surface area contributed by atoms with E-state index in [1.54, 1.807) is 4.90 Å². The predicted octanol–water partition coefficient (Wildman–Crippen LogP) is 1.79. The number of anilines is 1. The molecular formula is C12H13N3O4. The van der Waals surface area contributed by atoms with Crippen LogP contribution >= 0.6 is 0 Å². The van der Waals surface area contributed by atoms with Crippen LogP contribution in [0.15, 0.2) is 24.3 Å². The largest absolute Gasteiger partial charge is 0.324 e. The van der Waals surface area contributed by atoms with E-state index in [0.29, 0.717) is 31.6 Å². The first-order chi connectivity index (χ1) is 9.06. The summed E-state index contributed by atoms with van der Waals surface area (Å²) in [5, 5.41) is 13.1. The van der Waals surface area contributed by atoms with Gasteiger partial charge in [-0.05, 0) is 12.1 Å². The van der Waals surface area contributed by atoms with Crippen molar-refractivity contribution in [2.24, 2.45) is 0 Å². The van der Waals surface area contributed by atoms with Crippen molar-refractivity contribution >= 4 is 23.2 Å². The molecule has 7 heteroatoms. The van der Waals surface area contributed by atoms with Crippen molar-refractivity contribution in [3.05, 3.63) is 34.4 Å². The van der Waals surface area contributed by atoms with Crippen molar-refractivity contribution in [3.63, 3.8) is 0 Å². The number of Topliss-reactive ketones (excluding diaryl/α,β-unsaturated/α-hetero) is 1. The van der Waals surface area contributed by atoms with Crippen LogP contribution in [0.2, 0.25) is 0 Å². The number of nitro benzene ring substituents is 1. The number of likely N-dealkylation sites (tertiary alicyclic amines) is 1. The van der Waals surface area contributed by atoms with Gasteiger partial charge in [0.2, 0.25) is 0 Å². The molecule has 19 heavy (non-hydrogen) atoms. The van der Waals surface area contributed by atoms with Crippen LogP contribution in [-0.2, 0) is 4.79 Å². The fourth-order valence-corrected chi connectivity index (χ4v) is 1.83. The average Bonchev–Trinajstić information content (AvgIpc) is 2.40. The molecule has 0 aromatic heterocycles. The molecule has 0 radical (unpaired) electrons. The molecule has 0 aliphatic carbocycles. The van der Waals surface area contributed by atoms with Crippen molar-refractivity contribution in [1.29, 1.82) is 0 Å². The third-order valence-electron chi connectivity index (χ3n) is 2.94. The van der Waals surface area contributed by atoms with Gasteiger partial charge in [-0.3, -0.25) is 14.9 Å². The number of amides is 2. The van der Waals surface area contributed by atoms with E-state index < -0.39 is 4.92 Å². The van der Waals surface area contributed by atoms with E-state index in [4.69, 9.17) is 0 Å². The number of hydrogen-bond donors (Lipinski definition) is 1. The first-order valence-corrected chi connectivity index (χ1v) is 5.88. The minimum absolute atomic E-state index is 0.0263. The third kappa shape index (κ3) is 3.27. The fraction of sp³-hybridized carbons (Fsp3) is 0.333. The number of ketones is 1. The highest BCUT2D eigenvalue weighted by molar-refractivity contribution is 5.91. The Morgan fingerprint density at radius 1 is 1.21 bits per heavy atom. The molecule has 2 amide bonds. The molecule has 1 aliphatic heterocycles. The number of carbonyl (C=O) groups excluding carboxylic acids is 2. The van der Waals surface area contributed by atoms with Crippen LogP contribution < -0.4 is 5.32 Å². The number of urea groups is 1. The van der Waals surface area contributed by atoms with Gasteiger partial charge in [0, 0.05) is 43.8 Å². The number of nitrogens with one attached hydrogen (secondary N) is 1. The molecule has 2 rings (SSSR count). The van der Waals surface area contributed by atoms with Crippen LogP contribution in [0.5, 0.6) is 0 Å². The van der Waals surface area contributed by atoms with Gasteiger partial charge in [0.25, 0.3) is 5.69 Å². The van der Waals surface area contributed by atoms with E-state index in [9.17, 15) is 19.7 Å². The monoisotopic (exact) mass is 263 g/mol. The third-order valence-corrected chi connectivity index (χ3v) is 2.94. The molecule has 1 aromatic carbocycles. The summed E-state index contributed by atoms with van der Waals surface area (Å²) in [4.78, 5) is 34.5. The highest BCUT2D eigenvalue weighted by atomic mass is 16.6. The molecule has 100 valence electrons. The van der Waals surface area contributed by atoms with Gasteiger partial charge >= 0.3 is 6.03 Å². The number of benzene rings is 1. The normalized spacial score (nSPS) is 15.2. The maximum Gasteiger partial charge on any atom is 0.321 e. The Morgan fingerprint density at radius 2 is 1.79 bits per heavy atom.